The third kappa shape index (κ3) is 3.73. The minimum absolute atomic E-state index is 0.196. The average molecular weight is 282 g/mol. The molecule has 2 atom stereocenters. The molecule has 116 valence electrons. The Morgan fingerprint density at radius 2 is 2.00 bits per heavy atom. The number of rotatable bonds is 6. The SMILES string of the molecule is CCOC(=O)C(N)(CN1CCCC(CC)CC1)C1CC1. The summed E-state index contributed by atoms with van der Waals surface area (Å²) in [7, 11) is 0. The maximum atomic E-state index is 12.3. The highest BCUT2D eigenvalue weighted by Gasteiger charge is 2.50. The Hall–Kier alpha value is -0.610. The minimum atomic E-state index is -0.776. The summed E-state index contributed by atoms with van der Waals surface area (Å²) in [5.74, 6) is 0.973. The fourth-order valence-corrected chi connectivity index (χ4v) is 3.39. The molecule has 2 rings (SSSR count). The molecule has 1 saturated carbocycles. The Morgan fingerprint density at radius 3 is 2.60 bits per heavy atom. The molecule has 0 aromatic rings. The van der Waals surface area contributed by atoms with Crippen molar-refractivity contribution in [3.8, 4) is 0 Å². The van der Waals surface area contributed by atoms with Crippen LogP contribution in [0, 0.1) is 11.8 Å². The maximum Gasteiger partial charge on any atom is 0.327 e. The molecule has 2 N–H and O–H groups in total. The van der Waals surface area contributed by atoms with Crippen LogP contribution in [0.5, 0.6) is 0 Å². The molecule has 1 aliphatic carbocycles. The van der Waals surface area contributed by atoms with Gasteiger partial charge in [-0.2, -0.15) is 0 Å². The van der Waals surface area contributed by atoms with Crippen molar-refractivity contribution in [3.05, 3.63) is 0 Å². The van der Waals surface area contributed by atoms with Crippen LogP contribution >= 0.6 is 0 Å². The second-order valence-electron chi connectivity index (χ2n) is 6.52. The van der Waals surface area contributed by atoms with Crippen molar-refractivity contribution in [2.24, 2.45) is 17.6 Å². The van der Waals surface area contributed by atoms with E-state index in [1.165, 1.54) is 25.7 Å². The molecule has 1 heterocycles. The summed E-state index contributed by atoms with van der Waals surface area (Å²) >= 11 is 0. The fraction of sp³-hybridized carbons (Fsp3) is 0.938. The lowest BCUT2D eigenvalue weighted by molar-refractivity contribution is -0.151. The van der Waals surface area contributed by atoms with E-state index in [4.69, 9.17) is 10.5 Å². The summed E-state index contributed by atoms with van der Waals surface area (Å²) in [5.41, 5.74) is 5.69. The van der Waals surface area contributed by atoms with E-state index in [0.29, 0.717) is 19.1 Å². The number of carbonyl (C=O) groups excluding carboxylic acids is 1. The number of likely N-dealkylation sites (tertiary alicyclic amines) is 1. The van der Waals surface area contributed by atoms with Crippen LogP contribution in [0.25, 0.3) is 0 Å². The van der Waals surface area contributed by atoms with Crippen molar-refractivity contribution in [2.45, 2.75) is 57.9 Å². The van der Waals surface area contributed by atoms with E-state index in [1.54, 1.807) is 0 Å². The number of nitrogens with zero attached hydrogens (tertiary/aromatic N) is 1. The normalized spacial score (nSPS) is 27.6. The molecule has 0 aromatic heterocycles. The molecule has 0 aromatic carbocycles. The first kappa shape index (κ1) is 15.8. The summed E-state index contributed by atoms with van der Waals surface area (Å²) in [6.45, 7) is 7.36. The third-order valence-corrected chi connectivity index (χ3v) is 4.96. The Bertz CT molecular complexity index is 330. The number of nitrogens with two attached hydrogens (primary N) is 1. The maximum absolute atomic E-state index is 12.3. The first-order valence-electron chi connectivity index (χ1n) is 8.28. The molecular weight excluding hydrogens is 252 g/mol. The topological polar surface area (TPSA) is 55.6 Å². The van der Waals surface area contributed by atoms with Crippen molar-refractivity contribution < 1.29 is 9.53 Å². The third-order valence-electron chi connectivity index (χ3n) is 4.96. The van der Waals surface area contributed by atoms with E-state index in [9.17, 15) is 4.79 Å². The summed E-state index contributed by atoms with van der Waals surface area (Å²) in [6, 6.07) is 0. The lowest BCUT2D eigenvalue weighted by Gasteiger charge is -2.33. The highest BCUT2D eigenvalue weighted by molar-refractivity contribution is 5.82. The lowest BCUT2D eigenvalue weighted by atomic mass is 9.93. The van der Waals surface area contributed by atoms with Gasteiger partial charge in [-0.15, -0.1) is 0 Å². The van der Waals surface area contributed by atoms with Gasteiger partial charge in [0, 0.05) is 6.54 Å². The van der Waals surface area contributed by atoms with Gasteiger partial charge in [-0.25, -0.2) is 4.79 Å². The molecule has 1 saturated heterocycles. The van der Waals surface area contributed by atoms with Gasteiger partial charge in [0.05, 0.1) is 6.61 Å². The molecule has 0 bridgehead atoms. The summed E-state index contributed by atoms with van der Waals surface area (Å²) in [5, 5.41) is 0. The van der Waals surface area contributed by atoms with Crippen LogP contribution in [-0.4, -0.2) is 42.6 Å². The molecule has 2 fully saturated rings. The van der Waals surface area contributed by atoms with Gasteiger partial charge in [0.15, 0.2) is 0 Å². The molecule has 4 nitrogen and oxygen atoms in total. The van der Waals surface area contributed by atoms with Gasteiger partial charge < -0.3 is 15.4 Å². The average Bonchev–Trinajstić information content (AvgIpc) is 3.26. The van der Waals surface area contributed by atoms with Crippen LogP contribution in [0.1, 0.15) is 52.4 Å². The van der Waals surface area contributed by atoms with Gasteiger partial charge >= 0.3 is 5.97 Å². The largest absolute Gasteiger partial charge is 0.465 e. The van der Waals surface area contributed by atoms with Gasteiger partial charge in [0.1, 0.15) is 5.54 Å². The number of hydrogen-bond donors (Lipinski definition) is 1. The summed E-state index contributed by atoms with van der Waals surface area (Å²) in [6.07, 6.45) is 7.18. The molecule has 2 aliphatic rings. The minimum Gasteiger partial charge on any atom is -0.465 e. The smallest absolute Gasteiger partial charge is 0.327 e. The van der Waals surface area contributed by atoms with Crippen molar-refractivity contribution in [3.63, 3.8) is 0 Å². The van der Waals surface area contributed by atoms with Gasteiger partial charge in [0.25, 0.3) is 0 Å². The van der Waals surface area contributed by atoms with Crippen LogP contribution in [0.4, 0.5) is 0 Å². The van der Waals surface area contributed by atoms with E-state index in [0.717, 1.165) is 31.8 Å². The Labute approximate surface area is 123 Å². The van der Waals surface area contributed by atoms with Crippen LogP contribution in [0.3, 0.4) is 0 Å². The zero-order valence-corrected chi connectivity index (χ0v) is 13.1. The van der Waals surface area contributed by atoms with Gasteiger partial charge in [0.2, 0.25) is 0 Å². The highest BCUT2D eigenvalue weighted by Crippen LogP contribution is 2.39. The van der Waals surface area contributed by atoms with Crippen LogP contribution in [-0.2, 0) is 9.53 Å². The zero-order valence-electron chi connectivity index (χ0n) is 13.1. The lowest BCUT2D eigenvalue weighted by Crippen LogP contribution is -2.58. The van der Waals surface area contributed by atoms with Gasteiger partial charge in [-0.3, -0.25) is 0 Å². The standard InChI is InChI=1S/C16H30N2O2/c1-3-13-6-5-10-18(11-9-13)12-16(17,14-7-8-14)15(19)20-4-2/h13-14H,3-12,17H2,1-2H3. The number of ether oxygens (including phenoxy) is 1. The molecule has 20 heavy (non-hydrogen) atoms. The molecule has 1 aliphatic heterocycles. The fourth-order valence-electron chi connectivity index (χ4n) is 3.39. The Morgan fingerprint density at radius 1 is 1.25 bits per heavy atom. The second kappa shape index (κ2) is 6.90. The molecule has 2 unspecified atom stereocenters. The van der Waals surface area contributed by atoms with Crippen LogP contribution < -0.4 is 5.73 Å². The quantitative estimate of drug-likeness (QED) is 0.759. The van der Waals surface area contributed by atoms with Crippen molar-refractivity contribution in [1.82, 2.24) is 4.90 Å². The zero-order chi connectivity index (χ0) is 14.6. The number of carbonyl (C=O) groups is 1. The molecule has 0 spiro atoms. The van der Waals surface area contributed by atoms with Gasteiger partial charge in [-0.1, -0.05) is 13.3 Å². The second-order valence-corrected chi connectivity index (χ2v) is 6.52. The predicted octanol–water partition coefficient (Wildman–Crippen LogP) is 2.17. The first-order chi connectivity index (χ1) is 9.60. The summed E-state index contributed by atoms with van der Waals surface area (Å²) in [4.78, 5) is 14.6. The van der Waals surface area contributed by atoms with Crippen LogP contribution in [0.15, 0.2) is 0 Å². The number of esters is 1. The van der Waals surface area contributed by atoms with Crippen LogP contribution in [0.2, 0.25) is 0 Å². The number of hydrogen-bond acceptors (Lipinski definition) is 4. The first-order valence-corrected chi connectivity index (χ1v) is 8.28. The highest BCUT2D eigenvalue weighted by atomic mass is 16.5. The Kier molecular flexibility index (Phi) is 5.44. The molecule has 0 radical (unpaired) electrons. The summed E-state index contributed by atoms with van der Waals surface area (Å²) < 4.78 is 5.23. The van der Waals surface area contributed by atoms with Crippen molar-refractivity contribution in [1.29, 1.82) is 0 Å². The Balaban J connectivity index is 1.95. The van der Waals surface area contributed by atoms with E-state index < -0.39 is 5.54 Å². The van der Waals surface area contributed by atoms with Crippen molar-refractivity contribution >= 4 is 5.97 Å². The predicted molar refractivity (Wildman–Crippen MR) is 80.3 cm³/mol. The molecule has 4 heteroatoms. The van der Waals surface area contributed by atoms with Gasteiger partial charge in [-0.05, 0) is 64.0 Å². The van der Waals surface area contributed by atoms with E-state index in [2.05, 4.69) is 11.8 Å². The monoisotopic (exact) mass is 282 g/mol. The van der Waals surface area contributed by atoms with E-state index >= 15 is 0 Å². The van der Waals surface area contributed by atoms with E-state index in [-0.39, 0.29) is 5.97 Å². The molecule has 0 amide bonds. The van der Waals surface area contributed by atoms with Crippen molar-refractivity contribution in [2.75, 3.05) is 26.2 Å². The molecular formula is C16H30N2O2. The van der Waals surface area contributed by atoms with E-state index in [1.807, 2.05) is 6.92 Å².